The third-order valence-corrected chi connectivity index (χ3v) is 8.23. The molecule has 0 bridgehead atoms. The van der Waals surface area contributed by atoms with Crippen LogP contribution < -0.4 is 5.32 Å². The third kappa shape index (κ3) is 6.19. The lowest BCUT2D eigenvalue weighted by Gasteiger charge is -2.44. The summed E-state index contributed by atoms with van der Waals surface area (Å²) in [6, 6.07) is 0. The molecular formula is C19H37IN4O2S. The summed E-state index contributed by atoms with van der Waals surface area (Å²) >= 11 is 0. The van der Waals surface area contributed by atoms with Gasteiger partial charge in [0.25, 0.3) is 0 Å². The maximum Gasteiger partial charge on any atom is 0.214 e. The average Bonchev–Trinajstić information content (AvgIpc) is 2.81. The number of nitrogens with one attached hydrogen (secondary N) is 1. The molecule has 1 N–H and O–H groups in total. The Kier molecular flexibility index (Phi) is 9.12. The molecule has 2 aliphatic heterocycles. The maximum atomic E-state index is 12.0. The van der Waals surface area contributed by atoms with E-state index >= 15 is 0 Å². The highest BCUT2D eigenvalue weighted by Crippen LogP contribution is 2.42. The SMILES string of the molecule is CCNC(=NCCN1CCCS1(=O)=O)N1CCCC2(CCCCCC2)C1.I. The zero-order valence-electron chi connectivity index (χ0n) is 16.8. The lowest BCUT2D eigenvalue weighted by Crippen LogP contribution is -2.50. The normalized spacial score (nSPS) is 25.8. The van der Waals surface area contributed by atoms with Gasteiger partial charge in [-0.3, -0.25) is 4.99 Å². The Bertz CT molecular complexity index is 589. The summed E-state index contributed by atoms with van der Waals surface area (Å²) in [7, 11) is -3.02. The highest BCUT2D eigenvalue weighted by molar-refractivity contribution is 14.0. The van der Waals surface area contributed by atoms with Gasteiger partial charge in [0, 0.05) is 32.7 Å². The van der Waals surface area contributed by atoms with Gasteiger partial charge < -0.3 is 10.2 Å². The second-order valence-corrected chi connectivity index (χ2v) is 10.3. The summed E-state index contributed by atoms with van der Waals surface area (Å²) in [6.45, 7) is 6.84. The first-order valence-electron chi connectivity index (χ1n) is 10.6. The number of halogens is 1. The van der Waals surface area contributed by atoms with Gasteiger partial charge in [0.2, 0.25) is 10.0 Å². The zero-order chi connectivity index (χ0) is 18.5. The number of sulfonamides is 1. The minimum atomic E-state index is -3.02. The summed E-state index contributed by atoms with van der Waals surface area (Å²) in [4.78, 5) is 7.23. The Hall–Kier alpha value is -0.0900. The van der Waals surface area contributed by atoms with Crippen LogP contribution in [0.3, 0.4) is 0 Å². The van der Waals surface area contributed by atoms with E-state index in [1.165, 1.54) is 51.4 Å². The van der Waals surface area contributed by atoms with Crippen LogP contribution in [-0.4, -0.2) is 68.6 Å². The molecule has 0 unspecified atom stereocenters. The predicted molar refractivity (Wildman–Crippen MR) is 122 cm³/mol. The summed E-state index contributed by atoms with van der Waals surface area (Å²) in [5.41, 5.74) is 0.475. The van der Waals surface area contributed by atoms with Gasteiger partial charge in [-0.2, -0.15) is 0 Å². The van der Waals surface area contributed by atoms with Gasteiger partial charge >= 0.3 is 0 Å². The Labute approximate surface area is 182 Å². The van der Waals surface area contributed by atoms with Crippen molar-refractivity contribution in [1.82, 2.24) is 14.5 Å². The summed E-state index contributed by atoms with van der Waals surface area (Å²) in [5, 5.41) is 3.44. The number of piperidine rings is 1. The topological polar surface area (TPSA) is 65.0 Å². The second kappa shape index (κ2) is 10.6. The highest BCUT2D eigenvalue weighted by Gasteiger charge is 2.36. The van der Waals surface area contributed by atoms with E-state index in [0.29, 0.717) is 30.8 Å². The number of likely N-dealkylation sites (tertiary alicyclic amines) is 1. The van der Waals surface area contributed by atoms with Crippen LogP contribution in [0.2, 0.25) is 0 Å². The van der Waals surface area contributed by atoms with Gasteiger partial charge in [-0.1, -0.05) is 25.7 Å². The van der Waals surface area contributed by atoms with Crippen molar-refractivity contribution in [3.8, 4) is 0 Å². The number of nitrogens with zero attached hydrogens (tertiary/aromatic N) is 3. The van der Waals surface area contributed by atoms with Gasteiger partial charge in [-0.05, 0) is 44.4 Å². The van der Waals surface area contributed by atoms with Gasteiger partial charge in [0.05, 0.1) is 12.3 Å². The van der Waals surface area contributed by atoms with E-state index in [0.717, 1.165) is 32.0 Å². The summed E-state index contributed by atoms with van der Waals surface area (Å²) in [6.07, 6.45) is 11.6. The molecule has 3 rings (SSSR count). The fourth-order valence-corrected chi connectivity index (χ4v) is 6.43. The first-order valence-corrected chi connectivity index (χ1v) is 12.2. The minimum absolute atomic E-state index is 0. The number of hydrogen-bond acceptors (Lipinski definition) is 3. The first-order chi connectivity index (χ1) is 12.5. The molecule has 6 nitrogen and oxygen atoms in total. The van der Waals surface area contributed by atoms with Crippen molar-refractivity contribution in [2.45, 2.75) is 64.7 Å². The minimum Gasteiger partial charge on any atom is -0.357 e. The Morgan fingerprint density at radius 2 is 1.74 bits per heavy atom. The molecule has 1 spiro atoms. The van der Waals surface area contributed by atoms with Crippen LogP contribution in [0.25, 0.3) is 0 Å². The van der Waals surface area contributed by atoms with Crippen molar-refractivity contribution < 1.29 is 8.42 Å². The highest BCUT2D eigenvalue weighted by atomic mass is 127. The molecule has 2 heterocycles. The molecule has 0 aromatic rings. The van der Waals surface area contributed by atoms with Crippen molar-refractivity contribution in [2.75, 3.05) is 45.0 Å². The van der Waals surface area contributed by atoms with Crippen LogP contribution in [0.4, 0.5) is 0 Å². The van der Waals surface area contributed by atoms with Crippen molar-refractivity contribution in [3.63, 3.8) is 0 Å². The van der Waals surface area contributed by atoms with Gasteiger partial charge in [-0.25, -0.2) is 12.7 Å². The van der Waals surface area contributed by atoms with E-state index in [9.17, 15) is 8.42 Å². The summed E-state index contributed by atoms with van der Waals surface area (Å²) in [5.74, 6) is 1.28. The van der Waals surface area contributed by atoms with Crippen molar-refractivity contribution in [2.24, 2.45) is 10.4 Å². The van der Waals surface area contributed by atoms with Crippen LogP contribution >= 0.6 is 24.0 Å². The molecule has 1 saturated carbocycles. The van der Waals surface area contributed by atoms with Crippen LogP contribution in [-0.2, 0) is 10.0 Å². The second-order valence-electron chi connectivity index (χ2n) is 8.24. The molecule has 2 saturated heterocycles. The number of aliphatic imine (C=N–C) groups is 1. The molecule has 0 radical (unpaired) electrons. The average molecular weight is 513 g/mol. The lowest BCUT2D eigenvalue weighted by atomic mass is 9.74. The molecule has 0 aromatic heterocycles. The first kappa shape index (κ1) is 23.2. The van der Waals surface area contributed by atoms with Crippen LogP contribution in [0.1, 0.15) is 64.7 Å². The van der Waals surface area contributed by atoms with E-state index in [1.54, 1.807) is 4.31 Å². The molecule has 8 heteroatoms. The zero-order valence-corrected chi connectivity index (χ0v) is 19.9. The maximum absolute atomic E-state index is 12.0. The Morgan fingerprint density at radius 3 is 2.37 bits per heavy atom. The van der Waals surface area contributed by atoms with Crippen LogP contribution in [0.5, 0.6) is 0 Å². The van der Waals surface area contributed by atoms with E-state index in [4.69, 9.17) is 4.99 Å². The molecule has 27 heavy (non-hydrogen) atoms. The fraction of sp³-hybridized carbons (Fsp3) is 0.947. The largest absolute Gasteiger partial charge is 0.357 e. The monoisotopic (exact) mass is 512 g/mol. The van der Waals surface area contributed by atoms with E-state index in [1.807, 2.05) is 0 Å². The molecule has 0 amide bonds. The molecule has 3 aliphatic rings. The fourth-order valence-electron chi connectivity index (χ4n) is 4.91. The molecule has 3 fully saturated rings. The quantitative estimate of drug-likeness (QED) is 0.358. The molecule has 0 atom stereocenters. The Morgan fingerprint density at radius 1 is 1.04 bits per heavy atom. The van der Waals surface area contributed by atoms with Crippen LogP contribution in [0, 0.1) is 5.41 Å². The summed E-state index contributed by atoms with van der Waals surface area (Å²) < 4.78 is 25.5. The number of rotatable bonds is 4. The third-order valence-electron chi connectivity index (χ3n) is 6.27. The predicted octanol–water partition coefficient (Wildman–Crippen LogP) is 3.04. The van der Waals surface area contributed by atoms with Crippen molar-refractivity contribution in [1.29, 1.82) is 0 Å². The molecule has 0 aromatic carbocycles. The van der Waals surface area contributed by atoms with Crippen molar-refractivity contribution >= 4 is 40.0 Å². The van der Waals surface area contributed by atoms with Gasteiger partial charge in [0.15, 0.2) is 5.96 Å². The Balaban J connectivity index is 0.00000261. The van der Waals surface area contributed by atoms with Crippen LogP contribution in [0.15, 0.2) is 4.99 Å². The molecular weight excluding hydrogens is 475 g/mol. The smallest absolute Gasteiger partial charge is 0.214 e. The lowest BCUT2D eigenvalue weighted by molar-refractivity contribution is 0.115. The molecule has 158 valence electrons. The number of hydrogen-bond donors (Lipinski definition) is 1. The van der Waals surface area contributed by atoms with E-state index in [2.05, 4.69) is 17.1 Å². The number of guanidine groups is 1. The van der Waals surface area contributed by atoms with Gasteiger partial charge in [-0.15, -0.1) is 24.0 Å². The molecule has 1 aliphatic carbocycles. The van der Waals surface area contributed by atoms with Gasteiger partial charge in [0.1, 0.15) is 0 Å². The standard InChI is InChI=1S/C19H36N4O2S.HI/c1-2-20-18(21-12-15-23-14-8-16-26(23,24)25)22-13-7-11-19(17-22)9-5-3-4-6-10-19;/h2-17H2,1H3,(H,20,21);1H. The van der Waals surface area contributed by atoms with E-state index < -0.39 is 10.0 Å². The van der Waals surface area contributed by atoms with E-state index in [-0.39, 0.29) is 24.0 Å². The van der Waals surface area contributed by atoms with Crippen molar-refractivity contribution in [3.05, 3.63) is 0 Å².